The molecule has 2 rings (SSSR count). The summed E-state index contributed by atoms with van der Waals surface area (Å²) in [5.74, 6) is 1.38. The second-order valence-electron chi connectivity index (χ2n) is 5.33. The van der Waals surface area contributed by atoms with Gasteiger partial charge in [0.1, 0.15) is 5.75 Å². The van der Waals surface area contributed by atoms with E-state index in [1.54, 1.807) is 0 Å². The van der Waals surface area contributed by atoms with Crippen molar-refractivity contribution in [2.75, 3.05) is 6.61 Å². The Morgan fingerprint density at radius 1 is 1.00 bits per heavy atom. The first-order chi connectivity index (χ1) is 10.3. The van der Waals surface area contributed by atoms with Gasteiger partial charge in [0.25, 0.3) is 0 Å². The molecular formula is C20H24O. The van der Waals surface area contributed by atoms with Crippen LogP contribution in [0.15, 0.2) is 60.7 Å². The maximum absolute atomic E-state index is 5.67. The average molecular weight is 280 g/mol. The van der Waals surface area contributed by atoms with Crippen LogP contribution in [0.3, 0.4) is 0 Å². The Bertz CT molecular complexity index is 540. The van der Waals surface area contributed by atoms with E-state index in [-0.39, 0.29) is 0 Å². The van der Waals surface area contributed by atoms with Gasteiger partial charge >= 0.3 is 0 Å². The maximum Gasteiger partial charge on any atom is 0.119 e. The third-order valence-corrected chi connectivity index (χ3v) is 3.55. The van der Waals surface area contributed by atoms with Crippen molar-refractivity contribution in [1.82, 2.24) is 0 Å². The zero-order valence-electron chi connectivity index (χ0n) is 13.0. The Kier molecular flexibility index (Phi) is 6.08. The predicted molar refractivity (Wildman–Crippen MR) is 90.7 cm³/mol. The quantitative estimate of drug-likeness (QED) is 0.593. The zero-order valence-corrected chi connectivity index (χ0v) is 13.0. The molecule has 0 spiro atoms. The van der Waals surface area contributed by atoms with Gasteiger partial charge in [0.05, 0.1) is 6.61 Å². The van der Waals surface area contributed by atoms with Crippen molar-refractivity contribution in [2.45, 2.75) is 32.6 Å². The Hall–Kier alpha value is -2.02. The highest BCUT2D eigenvalue weighted by atomic mass is 16.5. The molecule has 1 nitrogen and oxygen atoms in total. The summed E-state index contributed by atoms with van der Waals surface area (Å²) < 4.78 is 5.67. The highest BCUT2D eigenvalue weighted by molar-refractivity contribution is 5.52. The SMILES string of the molecule is CCCCOc1ccc(C=CC(C)c2ccccc2)cc1. The number of hydrogen-bond donors (Lipinski definition) is 0. The first kappa shape index (κ1) is 15.4. The first-order valence-corrected chi connectivity index (χ1v) is 7.75. The lowest BCUT2D eigenvalue weighted by Gasteiger charge is -2.07. The highest BCUT2D eigenvalue weighted by Crippen LogP contribution is 2.19. The summed E-state index contributed by atoms with van der Waals surface area (Å²) in [6, 6.07) is 18.9. The van der Waals surface area contributed by atoms with Crippen molar-refractivity contribution in [3.05, 3.63) is 71.8 Å². The van der Waals surface area contributed by atoms with E-state index in [9.17, 15) is 0 Å². The fraction of sp³-hybridized carbons (Fsp3) is 0.300. The molecule has 2 aromatic carbocycles. The molecule has 0 saturated heterocycles. The summed E-state index contributed by atoms with van der Waals surface area (Å²) in [5, 5.41) is 0. The van der Waals surface area contributed by atoms with Gasteiger partial charge in [0, 0.05) is 0 Å². The second-order valence-corrected chi connectivity index (χ2v) is 5.33. The molecule has 0 aromatic heterocycles. The van der Waals surface area contributed by atoms with Gasteiger partial charge in [-0.05, 0) is 35.6 Å². The van der Waals surface area contributed by atoms with E-state index in [0.717, 1.165) is 25.2 Å². The van der Waals surface area contributed by atoms with E-state index in [2.05, 4.69) is 68.5 Å². The number of ether oxygens (including phenoxy) is 1. The Morgan fingerprint density at radius 2 is 1.71 bits per heavy atom. The van der Waals surface area contributed by atoms with Gasteiger partial charge in [0.15, 0.2) is 0 Å². The minimum atomic E-state index is 0.423. The number of rotatable bonds is 7. The smallest absolute Gasteiger partial charge is 0.119 e. The Labute approximate surface area is 128 Å². The summed E-state index contributed by atoms with van der Waals surface area (Å²) in [6.07, 6.45) is 6.68. The molecular weight excluding hydrogens is 256 g/mol. The van der Waals surface area contributed by atoms with Gasteiger partial charge in [-0.15, -0.1) is 0 Å². The first-order valence-electron chi connectivity index (χ1n) is 7.75. The van der Waals surface area contributed by atoms with Gasteiger partial charge in [-0.1, -0.05) is 74.9 Å². The van der Waals surface area contributed by atoms with Crippen LogP contribution < -0.4 is 4.74 Å². The van der Waals surface area contributed by atoms with Crippen LogP contribution in [0, 0.1) is 0 Å². The van der Waals surface area contributed by atoms with Crippen molar-refractivity contribution in [1.29, 1.82) is 0 Å². The van der Waals surface area contributed by atoms with E-state index >= 15 is 0 Å². The van der Waals surface area contributed by atoms with E-state index in [1.807, 2.05) is 12.1 Å². The van der Waals surface area contributed by atoms with Crippen molar-refractivity contribution in [2.24, 2.45) is 0 Å². The van der Waals surface area contributed by atoms with Crippen molar-refractivity contribution in [3.63, 3.8) is 0 Å². The van der Waals surface area contributed by atoms with E-state index in [1.165, 1.54) is 11.1 Å². The summed E-state index contributed by atoms with van der Waals surface area (Å²) >= 11 is 0. The predicted octanol–water partition coefficient (Wildman–Crippen LogP) is 5.68. The number of allylic oxidation sites excluding steroid dienone is 1. The summed E-state index contributed by atoms with van der Waals surface area (Å²) in [7, 11) is 0. The van der Waals surface area contributed by atoms with Crippen LogP contribution in [0.1, 0.15) is 43.7 Å². The molecule has 1 heteroatoms. The van der Waals surface area contributed by atoms with Gasteiger partial charge in [-0.25, -0.2) is 0 Å². The zero-order chi connectivity index (χ0) is 14.9. The van der Waals surface area contributed by atoms with Gasteiger partial charge in [0.2, 0.25) is 0 Å². The fourth-order valence-corrected chi connectivity index (χ4v) is 2.13. The molecule has 0 saturated carbocycles. The summed E-state index contributed by atoms with van der Waals surface area (Å²) in [4.78, 5) is 0. The molecule has 0 heterocycles. The minimum Gasteiger partial charge on any atom is -0.494 e. The lowest BCUT2D eigenvalue weighted by atomic mass is 10.00. The summed E-state index contributed by atoms with van der Waals surface area (Å²) in [5.41, 5.74) is 2.55. The van der Waals surface area contributed by atoms with Gasteiger partial charge in [-0.2, -0.15) is 0 Å². The van der Waals surface area contributed by atoms with Crippen LogP contribution in [0.4, 0.5) is 0 Å². The van der Waals surface area contributed by atoms with E-state index in [4.69, 9.17) is 4.74 Å². The molecule has 0 amide bonds. The number of benzene rings is 2. The molecule has 1 atom stereocenters. The third-order valence-electron chi connectivity index (χ3n) is 3.55. The lowest BCUT2D eigenvalue weighted by Crippen LogP contribution is -1.95. The van der Waals surface area contributed by atoms with Gasteiger partial charge < -0.3 is 4.74 Å². The van der Waals surface area contributed by atoms with E-state index < -0.39 is 0 Å². The molecule has 0 fully saturated rings. The minimum absolute atomic E-state index is 0.423. The molecule has 0 N–H and O–H groups in total. The van der Waals surface area contributed by atoms with Crippen LogP contribution in [-0.4, -0.2) is 6.61 Å². The topological polar surface area (TPSA) is 9.23 Å². The van der Waals surface area contributed by atoms with Crippen molar-refractivity contribution < 1.29 is 4.74 Å². The molecule has 0 aliphatic heterocycles. The largest absolute Gasteiger partial charge is 0.494 e. The molecule has 1 unspecified atom stereocenters. The number of hydrogen-bond acceptors (Lipinski definition) is 1. The Morgan fingerprint density at radius 3 is 2.38 bits per heavy atom. The third kappa shape index (κ3) is 5.11. The van der Waals surface area contributed by atoms with Crippen LogP contribution in [-0.2, 0) is 0 Å². The molecule has 0 aliphatic rings. The number of unbranched alkanes of at least 4 members (excludes halogenated alkanes) is 1. The summed E-state index contributed by atoms with van der Waals surface area (Å²) in [6.45, 7) is 5.19. The second kappa shape index (κ2) is 8.31. The van der Waals surface area contributed by atoms with E-state index in [0.29, 0.717) is 5.92 Å². The van der Waals surface area contributed by atoms with Crippen LogP contribution in [0.5, 0.6) is 5.75 Å². The average Bonchev–Trinajstić information content (AvgIpc) is 2.55. The highest BCUT2D eigenvalue weighted by Gasteiger charge is 1.99. The fourth-order valence-electron chi connectivity index (χ4n) is 2.13. The molecule has 110 valence electrons. The molecule has 0 radical (unpaired) electrons. The van der Waals surface area contributed by atoms with Gasteiger partial charge in [-0.3, -0.25) is 0 Å². The standard InChI is InChI=1S/C20H24O/c1-3-4-16-21-20-14-12-18(13-15-20)11-10-17(2)19-8-6-5-7-9-19/h5-15,17H,3-4,16H2,1-2H3. The molecule has 21 heavy (non-hydrogen) atoms. The maximum atomic E-state index is 5.67. The molecule has 0 aliphatic carbocycles. The Balaban J connectivity index is 1.92. The van der Waals surface area contributed by atoms with Crippen molar-refractivity contribution >= 4 is 6.08 Å². The molecule has 2 aromatic rings. The van der Waals surface area contributed by atoms with Crippen LogP contribution >= 0.6 is 0 Å². The lowest BCUT2D eigenvalue weighted by molar-refractivity contribution is 0.309. The monoisotopic (exact) mass is 280 g/mol. The molecule has 0 bridgehead atoms. The normalized spacial score (nSPS) is 12.5. The van der Waals surface area contributed by atoms with Crippen LogP contribution in [0.25, 0.3) is 6.08 Å². The van der Waals surface area contributed by atoms with Crippen LogP contribution in [0.2, 0.25) is 0 Å². The van der Waals surface area contributed by atoms with Crippen molar-refractivity contribution in [3.8, 4) is 5.75 Å².